The molecule has 146 valence electrons. The van der Waals surface area contributed by atoms with E-state index in [0.717, 1.165) is 11.5 Å². The summed E-state index contributed by atoms with van der Waals surface area (Å²) in [6.07, 6.45) is 0. The van der Waals surface area contributed by atoms with E-state index >= 15 is 0 Å². The van der Waals surface area contributed by atoms with Crippen molar-refractivity contribution in [2.45, 2.75) is 30.3 Å². The molecule has 0 amide bonds. The zero-order valence-corrected chi connectivity index (χ0v) is 17.2. The third-order valence-electron chi connectivity index (χ3n) is 4.60. The zero-order chi connectivity index (χ0) is 20.3. The van der Waals surface area contributed by atoms with Gasteiger partial charge in [0.1, 0.15) is 5.82 Å². The van der Waals surface area contributed by atoms with Crippen LogP contribution in [0.3, 0.4) is 0 Å². The molecule has 3 rings (SSSR count). The first-order valence-electron chi connectivity index (χ1n) is 9.02. The van der Waals surface area contributed by atoms with Crippen molar-refractivity contribution in [1.29, 1.82) is 0 Å². The van der Waals surface area contributed by atoms with Crippen molar-refractivity contribution in [2.75, 3.05) is 14.1 Å². The molecular formula is C21H23FN4OS. The number of thioether (sulfide) groups is 1. The number of Topliss-reactive ketones (excluding diaryl/α,β-unsaturated/α-hetero) is 1. The maximum absolute atomic E-state index is 13.4. The van der Waals surface area contributed by atoms with Gasteiger partial charge in [0.2, 0.25) is 0 Å². The van der Waals surface area contributed by atoms with Gasteiger partial charge in [0.25, 0.3) is 0 Å². The van der Waals surface area contributed by atoms with E-state index in [0.29, 0.717) is 10.7 Å². The van der Waals surface area contributed by atoms with Crippen molar-refractivity contribution in [3.63, 3.8) is 0 Å². The van der Waals surface area contributed by atoms with Crippen molar-refractivity contribution in [2.24, 2.45) is 0 Å². The molecule has 2 aromatic carbocycles. The van der Waals surface area contributed by atoms with Crippen molar-refractivity contribution in [3.05, 3.63) is 71.8 Å². The predicted octanol–water partition coefficient (Wildman–Crippen LogP) is 4.39. The molecule has 3 aromatic rings. The monoisotopic (exact) mass is 398 g/mol. The van der Waals surface area contributed by atoms with Gasteiger partial charge < -0.3 is 0 Å². The van der Waals surface area contributed by atoms with Gasteiger partial charge in [-0.15, -0.1) is 10.2 Å². The summed E-state index contributed by atoms with van der Waals surface area (Å²) >= 11 is 1.35. The van der Waals surface area contributed by atoms with E-state index < -0.39 is 0 Å². The second-order valence-electron chi connectivity index (χ2n) is 6.78. The largest absolute Gasteiger partial charge is 0.300 e. The van der Waals surface area contributed by atoms with Gasteiger partial charge in [-0.05, 0) is 52.2 Å². The molecule has 0 unspecified atom stereocenters. The van der Waals surface area contributed by atoms with Crippen LogP contribution in [0.25, 0.3) is 5.69 Å². The molecule has 0 aliphatic carbocycles. The first kappa shape index (κ1) is 20.2. The molecule has 0 saturated heterocycles. The Balaban J connectivity index is 1.96. The van der Waals surface area contributed by atoms with Crippen molar-refractivity contribution in [3.8, 4) is 5.69 Å². The van der Waals surface area contributed by atoms with E-state index in [1.54, 1.807) is 12.1 Å². The summed E-state index contributed by atoms with van der Waals surface area (Å²) < 4.78 is 15.3. The summed E-state index contributed by atoms with van der Waals surface area (Å²) in [4.78, 5) is 14.8. The van der Waals surface area contributed by atoms with Gasteiger partial charge in [-0.3, -0.25) is 14.3 Å². The van der Waals surface area contributed by atoms with Gasteiger partial charge in [-0.1, -0.05) is 42.1 Å². The Morgan fingerprint density at radius 3 is 2.29 bits per heavy atom. The van der Waals surface area contributed by atoms with Crippen LogP contribution >= 0.6 is 11.8 Å². The Kier molecular flexibility index (Phi) is 6.26. The average Bonchev–Trinajstić information content (AvgIpc) is 3.11. The minimum atomic E-state index is -0.340. The fraction of sp³-hybridized carbons (Fsp3) is 0.286. The number of carbonyl (C=O) groups excluding carboxylic acids is 1. The summed E-state index contributed by atoms with van der Waals surface area (Å²) in [5.74, 6) is 0.459. The van der Waals surface area contributed by atoms with E-state index in [4.69, 9.17) is 0 Å². The highest BCUT2D eigenvalue weighted by atomic mass is 32.2. The lowest BCUT2D eigenvalue weighted by molar-refractivity contribution is 0.0994. The second kappa shape index (κ2) is 8.67. The summed E-state index contributed by atoms with van der Waals surface area (Å²) in [6, 6.07) is 15.4. The lowest BCUT2D eigenvalue weighted by Crippen LogP contribution is -2.21. The molecule has 0 spiro atoms. The highest BCUT2D eigenvalue weighted by Gasteiger charge is 2.24. The van der Waals surface area contributed by atoms with Crippen LogP contribution in [-0.4, -0.2) is 44.8 Å². The molecule has 1 heterocycles. The van der Waals surface area contributed by atoms with E-state index in [-0.39, 0.29) is 22.9 Å². The number of halogens is 1. The van der Waals surface area contributed by atoms with Gasteiger partial charge in [-0.2, -0.15) is 0 Å². The first-order valence-corrected chi connectivity index (χ1v) is 9.90. The lowest BCUT2D eigenvalue weighted by atomic mass is 10.1. The van der Waals surface area contributed by atoms with Crippen LogP contribution in [0.15, 0.2) is 59.8 Å². The summed E-state index contributed by atoms with van der Waals surface area (Å²) in [7, 11) is 3.92. The predicted molar refractivity (Wildman–Crippen MR) is 110 cm³/mol. The maximum atomic E-state index is 13.4. The van der Waals surface area contributed by atoms with Crippen LogP contribution in [-0.2, 0) is 0 Å². The molecule has 0 N–H and O–H groups in total. The lowest BCUT2D eigenvalue weighted by Gasteiger charge is -2.21. The molecule has 0 aliphatic rings. The zero-order valence-electron chi connectivity index (χ0n) is 16.3. The minimum Gasteiger partial charge on any atom is -0.300 e. The molecule has 0 saturated carbocycles. The Morgan fingerprint density at radius 1 is 1.04 bits per heavy atom. The van der Waals surface area contributed by atoms with Crippen LogP contribution in [0.5, 0.6) is 0 Å². The summed E-state index contributed by atoms with van der Waals surface area (Å²) in [5.41, 5.74) is 1.43. The maximum Gasteiger partial charge on any atom is 0.196 e. The Labute approximate surface area is 168 Å². The normalized spacial score (nSPS) is 13.5. The van der Waals surface area contributed by atoms with Crippen LogP contribution in [0.1, 0.15) is 36.1 Å². The molecule has 28 heavy (non-hydrogen) atoms. The number of aromatic nitrogens is 3. The minimum absolute atomic E-state index is 0.00738. The van der Waals surface area contributed by atoms with Crippen molar-refractivity contribution in [1.82, 2.24) is 19.7 Å². The van der Waals surface area contributed by atoms with E-state index in [9.17, 15) is 9.18 Å². The molecule has 0 bridgehead atoms. The van der Waals surface area contributed by atoms with E-state index in [1.165, 1.54) is 23.9 Å². The van der Waals surface area contributed by atoms with E-state index in [1.807, 2.05) is 67.7 Å². The SMILES string of the molecule is C[C@H](Sc1nnc([C@H](C)N(C)C)n1-c1ccc(F)cc1)C(=O)c1ccccc1. The van der Waals surface area contributed by atoms with Gasteiger partial charge in [0.05, 0.1) is 11.3 Å². The number of benzene rings is 2. The molecule has 1 aromatic heterocycles. The fourth-order valence-electron chi connectivity index (χ4n) is 2.74. The van der Waals surface area contributed by atoms with E-state index in [2.05, 4.69) is 10.2 Å². The molecule has 2 atom stereocenters. The Bertz CT molecular complexity index is 941. The van der Waals surface area contributed by atoms with Gasteiger partial charge >= 0.3 is 0 Å². The quantitative estimate of drug-likeness (QED) is 0.436. The summed E-state index contributed by atoms with van der Waals surface area (Å²) in [6.45, 7) is 3.88. The highest BCUT2D eigenvalue weighted by molar-refractivity contribution is 8.00. The number of ketones is 1. The van der Waals surface area contributed by atoms with Crippen molar-refractivity contribution >= 4 is 17.5 Å². The Hall–Kier alpha value is -2.51. The molecule has 7 heteroatoms. The fourth-order valence-corrected chi connectivity index (χ4v) is 3.69. The Morgan fingerprint density at radius 2 is 1.68 bits per heavy atom. The summed E-state index contributed by atoms with van der Waals surface area (Å²) in [5, 5.41) is 8.97. The molecular weight excluding hydrogens is 375 g/mol. The van der Waals surface area contributed by atoms with Gasteiger partial charge in [-0.25, -0.2) is 4.39 Å². The van der Waals surface area contributed by atoms with Crippen LogP contribution in [0, 0.1) is 5.82 Å². The average molecular weight is 399 g/mol. The second-order valence-corrected chi connectivity index (χ2v) is 8.09. The third kappa shape index (κ3) is 4.31. The number of hydrogen-bond acceptors (Lipinski definition) is 5. The molecule has 0 aliphatic heterocycles. The van der Waals surface area contributed by atoms with Crippen LogP contribution < -0.4 is 0 Å². The standard InChI is InChI=1S/C21H23FN4OS/c1-14(25(3)4)20-23-24-21(26(20)18-12-10-17(22)11-13-18)28-15(2)19(27)16-8-6-5-7-9-16/h5-15H,1-4H3/t14-,15-/m0/s1. The highest BCUT2D eigenvalue weighted by Crippen LogP contribution is 2.30. The topological polar surface area (TPSA) is 51.0 Å². The number of nitrogens with zero attached hydrogens (tertiary/aromatic N) is 4. The van der Waals surface area contributed by atoms with Crippen LogP contribution in [0.4, 0.5) is 4.39 Å². The number of carbonyl (C=O) groups is 1. The van der Waals surface area contributed by atoms with Crippen molar-refractivity contribution < 1.29 is 9.18 Å². The van der Waals surface area contributed by atoms with Gasteiger partial charge in [0, 0.05) is 11.3 Å². The smallest absolute Gasteiger partial charge is 0.196 e. The molecule has 0 radical (unpaired) electrons. The number of rotatable bonds is 7. The number of hydrogen-bond donors (Lipinski definition) is 0. The third-order valence-corrected chi connectivity index (χ3v) is 5.64. The molecule has 0 fully saturated rings. The van der Waals surface area contributed by atoms with Gasteiger partial charge in [0.15, 0.2) is 16.8 Å². The van der Waals surface area contributed by atoms with Crippen LogP contribution in [0.2, 0.25) is 0 Å². The molecule has 5 nitrogen and oxygen atoms in total. The first-order chi connectivity index (χ1) is 13.4.